The van der Waals surface area contributed by atoms with Crippen LogP contribution in [0.25, 0.3) is 10.9 Å². The number of hydrogen-bond acceptors (Lipinski definition) is 3. The van der Waals surface area contributed by atoms with Crippen LogP contribution in [0.1, 0.15) is 37.5 Å². The number of ether oxygens (including phenoxy) is 2. The fourth-order valence-corrected chi connectivity index (χ4v) is 3.59. The molecule has 4 rings (SSSR count). The summed E-state index contributed by atoms with van der Waals surface area (Å²) >= 11 is 0. The van der Waals surface area contributed by atoms with Crippen molar-refractivity contribution in [3.63, 3.8) is 0 Å². The molecular formula is C28H31NO3. The molecule has 4 heteroatoms. The number of aromatic nitrogens is 1. The fourth-order valence-electron chi connectivity index (χ4n) is 3.59. The summed E-state index contributed by atoms with van der Waals surface area (Å²) in [5.74, 6) is 0.656. The molecule has 166 valence electrons. The van der Waals surface area contributed by atoms with E-state index in [1.54, 1.807) is 0 Å². The number of para-hydroxylation sites is 1. The van der Waals surface area contributed by atoms with E-state index in [1.807, 2.05) is 63.2 Å². The van der Waals surface area contributed by atoms with E-state index in [1.165, 1.54) is 5.56 Å². The lowest BCUT2D eigenvalue weighted by Gasteiger charge is -2.09. The van der Waals surface area contributed by atoms with Crippen molar-refractivity contribution in [1.29, 1.82) is 0 Å². The second-order valence-electron chi connectivity index (χ2n) is 7.20. The molecule has 0 bridgehead atoms. The third-order valence-corrected chi connectivity index (χ3v) is 5.04. The van der Waals surface area contributed by atoms with Crippen molar-refractivity contribution < 1.29 is 14.3 Å². The standard InChI is InChI=1S/C26H25NO3.C2H6/c1-2-29-26(28)16-22-18-27(25-11-7-6-10-24(22)25)17-20-12-14-23(15-13-20)30-19-21-8-4-3-5-9-21;1-2/h3-15,18H,2,16-17,19H2,1H3;1-2H3. The first kappa shape index (κ1) is 23.1. The first-order valence-electron chi connectivity index (χ1n) is 11.2. The molecule has 0 N–H and O–H groups in total. The third-order valence-electron chi connectivity index (χ3n) is 5.04. The highest BCUT2D eigenvalue weighted by Gasteiger charge is 2.12. The maximum absolute atomic E-state index is 12.0. The molecule has 0 amide bonds. The quantitative estimate of drug-likeness (QED) is 0.304. The Kier molecular flexibility index (Phi) is 8.50. The zero-order chi connectivity index (χ0) is 22.8. The van der Waals surface area contributed by atoms with Crippen LogP contribution in [-0.4, -0.2) is 17.1 Å². The predicted molar refractivity (Wildman–Crippen MR) is 130 cm³/mol. The van der Waals surface area contributed by atoms with Crippen LogP contribution in [0.3, 0.4) is 0 Å². The molecule has 0 aliphatic heterocycles. The van der Waals surface area contributed by atoms with Crippen LogP contribution in [0.2, 0.25) is 0 Å². The molecule has 0 atom stereocenters. The second-order valence-corrected chi connectivity index (χ2v) is 7.20. The highest BCUT2D eigenvalue weighted by atomic mass is 16.5. The van der Waals surface area contributed by atoms with Crippen molar-refractivity contribution in [2.75, 3.05) is 6.61 Å². The average molecular weight is 430 g/mol. The average Bonchev–Trinajstić information content (AvgIpc) is 3.18. The summed E-state index contributed by atoms with van der Waals surface area (Å²) in [4.78, 5) is 12.0. The Morgan fingerprint density at radius 3 is 2.25 bits per heavy atom. The van der Waals surface area contributed by atoms with Crippen LogP contribution >= 0.6 is 0 Å². The van der Waals surface area contributed by atoms with Gasteiger partial charge in [-0.05, 0) is 41.8 Å². The minimum atomic E-state index is -0.194. The molecule has 1 heterocycles. The zero-order valence-electron chi connectivity index (χ0n) is 19.1. The van der Waals surface area contributed by atoms with Gasteiger partial charge in [-0.1, -0.05) is 74.5 Å². The van der Waals surface area contributed by atoms with Gasteiger partial charge in [0.2, 0.25) is 0 Å². The smallest absolute Gasteiger partial charge is 0.310 e. The number of fused-ring (bicyclic) bond motifs is 1. The summed E-state index contributed by atoms with van der Waals surface area (Å²) in [5, 5.41) is 1.09. The third kappa shape index (κ3) is 6.01. The molecule has 32 heavy (non-hydrogen) atoms. The van der Waals surface area contributed by atoms with Gasteiger partial charge in [0, 0.05) is 23.6 Å². The van der Waals surface area contributed by atoms with Crippen LogP contribution in [0.5, 0.6) is 5.75 Å². The molecule has 0 unspecified atom stereocenters. The first-order chi connectivity index (χ1) is 15.7. The van der Waals surface area contributed by atoms with Gasteiger partial charge < -0.3 is 14.0 Å². The lowest BCUT2D eigenvalue weighted by atomic mass is 10.1. The van der Waals surface area contributed by atoms with Gasteiger partial charge in [-0.15, -0.1) is 0 Å². The van der Waals surface area contributed by atoms with Crippen molar-refractivity contribution in [3.8, 4) is 5.75 Å². The summed E-state index contributed by atoms with van der Waals surface area (Å²) in [6.45, 7) is 7.51. The summed E-state index contributed by atoms with van der Waals surface area (Å²) in [5.41, 5.74) is 4.42. The summed E-state index contributed by atoms with van der Waals surface area (Å²) in [6.07, 6.45) is 2.34. The van der Waals surface area contributed by atoms with E-state index in [4.69, 9.17) is 9.47 Å². The van der Waals surface area contributed by atoms with Gasteiger partial charge in [-0.2, -0.15) is 0 Å². The molecule has 0 saturated heterocycles. The van der Waals surface area contributed by atoms with Crippen molar-refractivity contribution in [2.45, 2.75) is 40.3 Å². The van der Waals surface area contributed by atoms with Crippen LogP contribution in [0.15, 0.2) is 85.1 Å². The Bertz CT molecular complexity index is 1110. The van der Waals surface area contributed by atoms with Gasteiger partial charge in [-0.25, -0.2) is 0 Å². The van der Waals surface area contributed by atoms with Crippen molar-refractivity contribution in [2.24, 2.45) is 0 Å². The second kappa shape index (κ2) is 11.8. The van der Waals surface area contributed by atoms with Gasteiger partial charge >= 0.3 is 5.97 Å². The molecule has 4 nitrogen and oxygen atoms in total. The van der Waals surface area contributed by atoms with Crippen LogP contribution in [-0.2, 0) is 29.1 Å². The molecule has 3 aromatic carbocycles. The van der Waals surface area contributed by atoms with Crippen molar-refractivity contribution >= 4 is 16.9 Å². The number of nitrogens with zero attached hydrogens (tertiary/aromatic N) is 1. The fraction of sp³-hybridized carbons (Fsp3) is 0.250. The molecule has 1 aromatic heterocycles. The van der Waals surface area contributed by atoms with Gasteiger partial charge in [-0.3, -0.25) is 4.79 Å². The molecule has 0 aliphatic rings. The lowest BCUT2D eigenvalue weighted by Crippen LogP contribution is -2.07. The van der Waals surface area contributed by atoms with E-state index in [2.05, 4.69) is 47.2 Å². The SMILES string of the molecule is CC.CCOC(=O)Cc1cn(Cc2ccc(OCc3ccccc3)cc2)c2ccccc12. The van der Waals surface area contributed by atoms with E-state index in [0.29, 0.717) is 13.2 Å². The first-order valence-corrected chi connectivity index (χ1v) is 11.2. The van der Waals surface area contributed by atoms with Crippen LogP contribution < -0.4 is 4.74 Å². The number of benzene rings is 3. The van der Waals surface area contributed by atoms with E-state index in [0.717, 1.165) is 34.3 Å². The predicted octanol–water partition coefficient (Wildman–Crippen LogP) is 6.40. The molecular weight excluding hydrogens is 398 g/mol. The molecule has 0 fully saturated rings. The largest absolute Gasteiger partial charge is 0.489 e. The maximum atomic E-state index is 12.0. The van der Waals surface area contributed by atoms with E-state index < -0.39 is 0 Å². The topological polar surface area (TPSA) is 40.5 Å². The molecule has 0 aliphatic carbocycles. The molecule has 0 saturated carbocycles. The lowest BCUT2D eigenvalue weighted by molar-refractivity contribution is -0.142. The maximum Gasteiger partial charge on any atom is 0.310 e. The number of hydrogen-bond donors (Lipinski definition) is 0. The molecule has 0 spiro atoms. The minimum absolute atomic E-state index is 0.194. The van der Waals surface area contributed by atoms with Gasteiger partial charge in [0.1, 0.15) is 12.4 Å². The zero-order valence-corrected chi connectivity index (χ0v) is 19.1. The van der Waals surface area contributed by atoms with Crippen molar-refractivity contribution in [1.82, 2.24) is 4.57 Å². The highest BCUT2D eigenvalue weighted by Crippen LogP contribution is 2.24. The summed E-state index contributed by atoms with van der Waals surface area (Å²) in [7, 11) is 0. The number of rotatable bonds is 8. The van der Waals surface area contributed by atoms with Gasteiger partial charge in [0.25, 0.3) is 0 Å². The Labute approximate surface area is 190 Å². The van der Waals surface area contributed by atoms with E-state index in [-0.39, 0.29) is 12.4 Å². The highest BCUT2D eigenvalue weighted by molar-refractivity contribution is 5.88. The number of carbonyl (C=O) groups excluding carboxylic acids is 1. The Balaban J connectivity index is 0.00000141. The summed E-state index contributed by atoms with van der Waals surface area (Å²) in [6, 6.07) is 26.5. The number of carbonyl (C=O) groups is 1. The monoisotopic (exact) mass is 429 g/mol. The molecule has 4 aromatic rings. The van der Waals surface area contributed by atoms with Crippen LogP contribution in [0.4, 0.5) is 0 Å². The van der Waals surface area contributed by atoms with Gasteiger partial charge in [0.15, 0.2) is 0 Å². The Morgan fingerprint density at radius 1 is 0.844 bits per heavy atom. The van der Waals surface area contributed by atoms with Crippen LogP contribution in [0, 0.1) is 0 Å². The Hall–Kier alpha value is -3.53. The van der Waals surface area contributed by atoms with Crippen molar-refractivity contribution in [3.05, 3.63) is 102 Å². The van der Waals surface area contributed by atoms with Gasteiger partial charge in [0.05, 0.1) is 13.0 Å². The number of esters is 1. The van der Waals surface area contributed by atoms with E-state index in [9.17, 15) is 4.79 Å². The normalized spacial score (nSPS) is 10.3. The molecule has 0 radical (unpaired) electrons. The minimum Gasteiger partial charge on any atom is -0.489 e. The summed E-state index contributed by atoms with van der Waals surface area (Å²) < 4.78 is 13.2. The van der Waals surface area contributed by atoms with E-state index >= 15 is 0 Å². The Morgan fingerprint density at radius 2 is 1.53 bits per heavy atom.